The largest absolute Gasteiger partial charge is 0.381 e. The number of hydrogen-bond donors (Lipinski definition) is 0. The molecule has 3 aliphatic heterocycles. The number of piperidine rings is 1. The summed E-state index contributed by atoms with van der Waals surface area (Å²) in [5, 5.41) is 0. The summed E-state index contributed by atoms with van der Waals surface area (Å²) in [4.78, 5) is 29.1. The zero-order valence-corrected chi connectivity index (χ0v) is 12.2. The predicted octanol–water partition coefficient (Wildman–Crippen LogP) is 1.02. The maximum absolute atomic E-state index is 12.8. The van der Waals surface area contributed by atoms with Gasteiger partial charge in [0.1, 0.15) is 12.1 Å². The summed E-state index contributed by atoms with van der Waals surface area (Å²) in [5.41, 5.74) is 0. The molecule has 5 heteroatoms. The Morgan fingerprint density at radius 2 is 2.05 bits per heavy atom. The standard InChI is InChI=1S/C15H24N2O3/c1-2-12-14(18)16-7-4-3-5-13(16)15(19)17(12)9-11-6-8-20-10-11/h11-13H,2-10H2,1H3. The van der Waals surface area contributed by atoms with E-state index in [2.05, 4.69) is 0 Å². The Hall–Kier alpha value is -1.10. The molecule has 0 radical (unpaired) electrons. The number of fused-ring (bicyclic) bond motifs is 1. The first-order valence-corrected chi connectivity index (χ1v) is 7.91. The lowest BCUT2D eigenvalue weighted by molar-refractivity contribution is -0.164. The van der Waals surface area contributed by atoms with Crippen molar-refractivity contribution >= 4 is 11.8 Å². The maximum Gasteiger partial charge on any atom is 0.246 e. The molecule has 0 aromatic heterocycles. The van der Waals surface area contributed by atoms with Crippen molar-refractivity contribution in [2.45, 2.75) is 51.1 Å². The van der Waals surface area contributed by atoms with Gasteiger partial charge in [-0.1, -0.05) is 6.92 Å². The highest BCUT2D eigenvalue weighted by molar-refractivity contribution is 5.97. The molecule has 3 atom stereocenters. The molecular weight excluding hydrogens is 256 g/mol. The van der Waals surface area contributed by atoms with E-state index < -0.39 is 0 Å². The molecule has 0 aliphatic carbocycles. The van der Waals surface area contributed by atoms with Crippen molar-refractivity contribution in [3.05, 3.63) is 0 Å². The average Bonchev–Trinajstić information content (AvgIpc) is 2.98. The van der Waals surface area contributed by atoms with Crippen LogP contribution in [-0.4, -0.2) is 60.0 Å². The zero-order valence-electron chi connectivity index (χ0n) is 12.2. The monoisotopic (exact) mass is 280 g/mol. The lowest BCUT2D eigenvalue weighted by Gasteiger charge is -2.47. The van der Waals surface area contributed by atoms with Crippen molar-refractivity contribution < 1.29 is 14.3 Å². The fourth-order valence-corrected chi connectivity index (χ4v) is 3.74. The molecule has 20 heavy (non-hydrogen) atoms. The molecule has 0 spiro atoms. The van der Waals surface area contributed by atoms with Gasteiger partial charge in [-0.2, -0.15) is 0 Å². The summed E-state index contributed by atoms with van der Waals surface area (Å²) in [6.07, 6.45) is 4.63. The molecule has 0 N–H and O–H groups in total. The van der Waals surface area contributed by atoms with E-state index in [4.69, 9.17) is 4.74 Å². The first-order valence-electron chi connectivity index (χ1n) is 7.91. The van der Waals surface area contributed by atoms with Crippen molar-refractivity contribution in [3.8, 4) is 0 Å². The van der Waals surface area contributed by atoms with Crippen molar-refractivity contribution in [1.82, 2.24) is 9.80 Å². The van der Waals surface area contributed by atoms with Gasteiger partial charge in [-0.3, -0.25) is 9.59 Å². The predicted molar refractivity (Wildman–Crippen MR) is 74.1 cm³/mol. The molecule has 3 rings (SSSR count). The fraction of sp³-hybridized carbons (Fsp3) is 0.867. The van der Waals surface area contributed by atoms with E-state index in [1.54, 1.807) is 0 Å². The Labute approximate surface area is 120 Å². The van der Waals surface area contributed by atoms with E-state index in [1.807, 2.05) is 16.7 Å². The van der Waals surface area contributed by atoms with Gasteiger partial charge in [-0.05, 0) is 32.1 Å². The lowest BCUT2D eigenvalue weighted by atomic mass is 9.93. The first-order chi connectivity index (χ1) is 9.72. The topological polar surface area (TPSA) is 49.9 Å². The number of rotatable bonds is 3. The van der Waals surface area contributed by atoms with Gasteiger partial charge >= 0.3 is 0 Å². The number of ether oxygens (including phenoxy) is 1. The Morgan fingerprint density at radius 1 is 1.20 bits per heavy atom. The Bertz CT molecular complexity index is 393. The number of piperazine rings is 1. The van der Waals surface area contributed by atoms with Crippen LogP contribution in [0.1, 0.15) is 39.0 Å². The van der Waals surface area contributed by atoms with Crippen LogP contribution in [0.3, 0.4) is 0 Å². The van der Waals surface area contributed by atoms with E-state index in [-0.39, 0.29) is 23.9 Å². The molecule has 5 nitrogen and oxygen atoms in total. The van der Waals surface area contributed by atoms with Gasteiger partial charge in [0.2, 0.25) is 11.8 Å². The minimum atomic E-state index is -0.252. The second-order valence-corrected chi connectivity index (χ2v) is 6.19. The van der Waals surface area contributed by atoms with E-state index in [9.17, 15) is 9.59 Å². The number of amides is 2. The minimum Gasteiger partial charge on any atom is -0.381 e. The lowest BCUT2D eigenvalue weighted by Crippen LogP contribution is -2.66. The van der Waals surface area contributed by atoms with Crippen LogP contribution in [0.4, 0.5) is 0 Å². The minimum absolute atomic E-state index is 0.163. The maximum atomic E-state index is 12.8. The molecule has 3 unspecified atom stereocenters. The molecular formula is C15H24N2O3. The van der Waals surface area contributed by atoms with E-state index in [0.29, 0.717) is 18.9 Å². The van der Waals surface area contributed by atoms with Crippen molar-refractivity contribution in [1.29, 1.82) is 0 Å². The van der Waals surface area contributed by atoms with Crippen LogP contribution in [-0.2, 0) is 14.3 Å². The highest BCUT2D eigenvalue weighted by Crippen LogP contribution is 2.29. The third-order valence-corrected chi connectivity index (χ3v) is 4.88. The normalized spacial score (nSPS) is 34.5. The highest BCUT2D eigenvalue weighted by Gasteiger charge is 2.46. The van der Waals surface area contributed by atoms with Crippen LogP contribution in [0.5, 0.6) is 0 Å². The SMILES string of the molecule is CCC1C(=O)N2CCCCC2C(=O)N1CC1CCOC1. The van der Waals surface area contributed by atoms with Gasteiger partial charge in [0, 0.05) is 25.6 Å². The molecule has 0 aromatic carbocycles. The summed E-state index contributed by atoms with van der Waals surface area (Å²) in [5.74, 6) is 0.731. The third kappa shape index (κ3) is 2.32. The molecule has 3 saturated heterocycles. The number of carbonyl (C=O) groups excluding carboxylic acids is 2. The Morgan fingerprint density at radius 3 is 2.75 bits per heavy atom. The average molecular weight is 280 g/mol. The van der Waals surface area contributed by atoms with Gasteiger partial charge in [0.05, 0.1) is 6.61 Å². The van der Waals surface area contributed by atoms with Crippen LogP contribution in [0.2, 0.25) is 0 Å². The molecule has 3 fully saturated rings. The second kappa shape index (κ2) is 5.72. The molecule has 112 valence electrons. The molecule has 0 bridgehead atoms. The molecule has 2 amide bonds. The smallest absolute Gasteiger partial charge is 0.246 e. The van der Waals surface area contributed by atoms with Crippen molar-refractivity contribution in [3.63, 3.8) is 0 Å². The summed E-state index contributed by atoms with van der Waals surface area (Å²) in [7, 11) is 0. The zero-order chi connectivity index (χ0) is 14.1. The first kappa shape index (κ1) is 13.9. The number of nitrogens with zero attached hydrogens (tertiary/aromatic N) is 2. The van der Waals surface area contributed by atoms with E-state index in [0.717, 1.165) is 45.4 Å². The van der Waals surface area contributed by atoms with Crippen LogP contribution in [0, 0.1) is 5.92 Å². The van der Waals surface area contributed by atoms with Gasteiger partial charge < -0.3 is 14.5 Å². The number of hydrogen-bond acceptors (Lipinski definition) is 3. The summed E-state index contributed by atoms with van der Waals surface area (Å²) in [6.45, 7) is 4.95. The molecule has 0 aromatic rings. The molecule has 3 aliphatic rings. The summed E-state index contributed by atoms with van der Waals surface area (Å²) < 4.78 is 5.40. The summed E-state index contributed by atoms with van der Waals surface area (Å²) >= 11 is 0. The van der Waals surface area contributed by atoms with Crippen LogP contribution in [0.15, 0.2) is 0 Å². The van der Waals surface area contributed by atoms with Crippen molar-refractivity contribution in [2.75, 3.05) is 26.3 Å². The molecule has 3 heterocycles. The third-order valence-electron chi connectivity index (χ3n) is 4.88. The fourth-order valence-electron chi connectivity index (χ4n) is 3.74. The Balaban J connectivity index is 1.78. The van der Waals surface area contributed by atoms with Gasteiger partial charge in [-0.25, -0.2) is 0 Å². The Kier molecular flexibility index (Phi) is 3.96. The molecule has 0 saturated carbocycles. The van der Waals surface area contributed by atoms with E-state index in [1.165, 1.54) is 0 Å². The van der Waals surface area contributed by atoms with Crippen LogP contribution in [0.25, 0.3) is 0 Å². The summed E-state index contributed by atoms with van der Waals surface area (Å²) in [6, 6.07) is -0.446. The van der Waals surface area contributed by atoms with Crippen LogP contribution >= 0.6 is 0 Å². The van der Waals surface area contributed by atoms with Gasteiger partial charge in [-0.15, -0.1) is 0 Å². The quantitative estimate of drug-likeness (QED) is 0.775. The van der Waals surface area contributed by atoms with Gasteiger partial charge in [0.15, 0.2) is 0 Å². The number of carbonyl (C=O) groups is 2. The van der Waals surface area contributed by atoms with Crippen LogP contribution < -0.4 is 0 Å². The second-order valence-electron chi connectivity index (χ2n) is 6.19. The highest BCUT2D eigenvalue weighted by atomic mass is 16.5. The van der Waals surface area contributed by atoms with Crippen molar-refractivity contribution in [2.24, 2.45) is 5.92 Å². The van der Waals surface area contributed by atoms with E-state index >= 15 is 0 Å². The van der Waals surface area contributed by atoms with Gasteiger partial charge in [0.25, 0.3) is 0 Å².